The molecule has 2 aromatic carbocycles. The summed E-state index contributed by atoms with van der Waals surface area (Å²) in [5.74, 6) is 1.68. The number of anilines is 1. The lowest BCUT2D eigenvalue weighted by Crippen LogP contribution is -2.15. The van der Waals surface area contributed by atoms with Gasteiger partial charge in [0.05, 0.1) is 5.69 Å². The van der Waals surface area contributed by atoms with E-state index in [1.807, 2.05) is 43.3 Å². The molecule has 1 aliphatic heterocycles. The Hall–Kier alpha value is -3.92. The van der Waals surface area contributed by atoms with Gasteiger partial charge in [0.1, 0.15) is 11.6 Å². The summed E-state index contributed by atoms with van der Waals surface area (Å²) in [7, 11) is 0. The molecule has 0 atom stereocenters. The summed E-state index contributed by atoms with van der Waals surface area (Å²) >= 11 is 0. The number of fused-ring (bicyclic) bond motifs is 1. The van der Waals surface area contributed by atoms with Crippen LogP contribution in [-0.2, 0) is 4.79 Å². The molecule has 0 unspecified atom stereocenters. The molecule has 0 aliphatic carbocycles. The van der Waals surface area contributed by atoms with Crippen molar-refractivity contribution < 1.29 is 14.3 Å². The molecule has 1 aromatic heterocycles. The molecule has 0 saturated carbocycles. The first kappa shape index (κ1) is 19.4. The summed E-state index contributed by atoms with van der Waals surface area (Å²) < 4.78 is 10.8. The summed E-state index contributed by atoms with van der Waals surface area (Å²) in [4.78, 5) is 21.5. The molecule has 1 amide bonds. The Morgan fingerprint density at radius 2 is 1.90 bits per heavy atom. The van der Waals surface area contributed by atoms with Crippen LogP contribution in [0.3, 0.4) is 0 Å². The largest absolute Gasteiger partial charge is 0.454 e. The smallest absolute Gasteiger partial charge is 0.231 e. The summed E-state index contributed by atoms with van der Waals surface area (Å²) in [6, 6.07) is 17.0. The maximum Gasteiger partial charge on any atom is 0.231 e. The van der Waals surface area contributed by atoms with E-state index in [1.165, 1.54) is 0 Å². The van der Waals surface area contributed by atoms with Crippen molar-refractivity contribution in [2.45, 2.75) is 26.2 Å². The standard InChI is InChI=1S/C23H20N4O3/c1-2-3-9-20(28)25-23-17(13-24)21(16-10-11-18-19(12-16)30-14-29-18)26-22(27-23)15-7-5-4-6-8-15/h4-8,10-12H,2-3,9,14H2,1H3,(H,25,26,27,28). The lowest BCUT2D eigenvalue weighted by molar-refractivity contribution is -0.116. The molecule has 0 spiro atoms. The zero-order chi connectivity index (χ0) is 20.9. The highest BCUT2D eigenvalue weighted by Crippen LogP contribution is 2.37. The molecule has 1 N–H and O–H groups in total. The number of nitrogens with zero attached hydrogens (tertiary/aromatic N) is 3. The average Bonchev–Trinajstić information content (AvgIpc) is 3.25. The summed E-state index contributed by atoms with van der Waals surface area (Å²) in [6.45, 7) is 2.17. The molecule has 0 radical (unpaired) electrons. The van der Waals surface area contributed by atoms with Gasteiger partial charge >= 0.3 is 0 Å². The average molecular weight is 400 g/mol. The fraction of sp³-hybridized carbons (Fsp3) is 0.217. The summed E-state index contributed by atoms with van der Waals surface area (Å²) in [5, 5.41) is 12.7. The highest BCUT2D eigenvalue weighted by Gasteiger charge is 2.21. The molecule has 3 aromatic rings. The molecule has 7 nitrogen and oxygen atoms in total. The number of hydrogen-bond donors (Lipinski definition) is 1. The number of amides is 1. The lowest BCUT2D eigenvalue weighted by atomic mass is 10.1. The van der Waals surface area contributed by atoms with Crippen LogP contribution in [0, 0.1) is 11.3 Å². The second-order valence-electron chi connectivity index (χ2n) is 6.82. The predicted octanol–water partition coefficient (Wildman–Crippen LogP) is 4.54. The normalized spacial score (nSPS) is 11.7. The first-order valence-electron chi connectivity index (χ1n) is 9.77. The molecule has 0 bridgehead atoms. The molecule has 1 aliphatic rings. The topological polar surface area (TPSA) is 97.1 Å². The quantitative estimate of drug-likeness (QED) is 0.652. The summed E-state index contributed by atoms with van der Waals surface area (Å²) in [6.07, 6.45) is 2.03. The van der Waals surface area contributed by atoms with Crippen LogP contribution >= 0.6 is 0 Å². The van der Waals surface area contributed by atoms with Crippen LogP contribution in [0.5, 0.6) is 11.5 Å². The molecule has 30 heavy (non-hydrogen) atoms. The van der Waals surface area contributed by atoms with Crippen molar-refractivity contribution in [1.82, 2.24) is 9.97 Å². The van der Waals surface area contributed by atoms with Crippen molar-refractivity contribution in [3.8, 4) is 40.2 Å². The second-order valence-corrected chi connectivity index (χ2v) is 6.82. The maximum atomic E-state index is 12.4. The van der Waals surface area contributed by atoms with E-state index >= 15 is 0 Å². The third-order valence-electron chi connectivity index (χ3n) is 4.71. The van der Waals surface area contributed by atoms with Crippen molar-refractivity contribution in [1.29, 1.82) is 5.26 Å². The molecule has 150 valence electrons. The SMILES string of the molecule is CCCCC(=O)Nc1nc(-c2ccccc2)nc(-c2ccc3c(c2)OCO3)c1C#N. The van der Waals surface area contributed by atoms with Crippen molar-refractivity contribution in [2.75, 3.05) is 12.1 Å². The predicted molar refractivity (Wildman–Crippen MR) is 112 cm³/mol. The van der Waals surface area contributed by atoms with Gasteiger partial charge in [-0.2, -0.15) is 5.26 Å². The maximum absolute atomic E-state index is 12.4. The number of benzene rings is 2. The van der Waals surface area contributed by atoms with E-state index in [2.05, 4.69) is 21.4 Å². The highest BCUT2D eigenvalue weighted by atomic mass is 16.7. The van der Waals surface area contributed by atoms with Crippen molar-refractivity contribution in [3.05, 3.63) is 54.1 Å². The molecule has 0 saturated heterocycles. The number of nitriles is 1. The van der Waals surface area contributed by atoms with E-state index in [0.717, 1.165) is 18.4 Å². The fourth-order valence-corrected chi connectivity index (χ4v) is 3.16. The van der Waals surface area contributed by atoms with Gasteiger partial charge < -0.3 is 14.8 Å². The molecule has 7 heteroatoms. The minimum Gasteiger partial charge on any atom is -0.454 e. The van der Waals surface area contributed by atoms with Crippen LogP contribution in [0.1, 0.15) is 31.7 Å². The van der Waals surface area contributed by atoms with E-state index in [9.17, 15) is 10.1 Å². The van der Waals surface area contributed by atoms with Gasteiger partial charge in [-0.15, -0.1) is 0 Å². The van der Waals surface area contributed by atoms with Gasteiger partial charge in [-0.25, -0.2) is 9.97 Å². The Labute approximate surface area is 174 Å². The number of hydrogen-bond acceptors (Lipinski definition) is 6. The van der Waals surface area contributed by atoms with Gasteiger partial charge in [-0.1, -0.05) is 43.7 Å². The van der Waals surface area contributed by atoms with Crippen molar-refractivity contribution in [3.63, 3.8) is 0 Å². The number of unbranched alkanes of at least 4 members (excludes halogenated alkanes) is 1. The Morgan fingerprint density at radius 1 is 1.10 bits per heavy atom. The van der Waals surface area contributed by atoms with Crippen LogP contribution in [0.4, 0.5) is 5.82 Å². The first-order valence-corrected chi connectivity index (χ1v) is 9.77. The van der Waals surface area contributed by atoms with Crippen LogP contribution in [0.25, 0.3) is 22.6 Å². The van der Waals surface area contributed by atoms with Gasteiger partial charge in [0, 0.05) is 17.5 Å². The van der Waals surface area contributed by atoms with Gasteiger partial charge in [0.2, 0.25) is 12.7 Å². The number of nitrogens with one attached hydrogen (secondary N) is 1. The van der Waals surface area contributed by atoms with Gasteiger partial charge in [-0.05, 0) is 24.6 Å². The van der Waals surface area contributed by atoms with E-state index in [-0.39, 0.29) is 24.1 Å². The van der Waals surface area contributed by atoms with Crippen LogP contribution in [-0.4, -0.2) is 22.7 Å². The Balaban J connectivity index is 1.84. The second kappa shape index (κ2) is 8.62. The Morgan fingerprint density at radius 3 is 2.67 bits per heavy atom. The minimum absolute atomic E-state index is 0.154. The number of carbonyl (C=O) groups is 1. The van der Waals surface area contributed by atoms with Gasteiger partial charge in [0.15, 0.2) is 23.1 Å². The zero-order valence-corrected chi connectivity index (χ0v) is 16.5. The first-order chi connectivity index (χ1) is 14.7. The number of aromatic nitrogens is 2. The molecular formula is C23H20N4O3. The van der Waals surface area contributed by atoms with Crippen LogP contribution < -0.4 is 14.8 Å². The van der Waals surface area contributed by atoms with Gasteiger partial charge in [-0.3, -0.25) is 4.79 Å². The van der Waals surface area contributed by atoms with Crippen molar-refractivity contribution in [2.24, 2.45) is 0 Å². The molecular weight excluding hydrogens is 380 g/mol. The van der Waals surface area contributed by atoms with Crippen LogP contribution in [0.2, 0.25) is 0 Å². The van der Waals surface area contributed by atoms with Gasteiger partial charge in [0.25, 0.3) is 0 Å². The Kier molecular flexibility index (Phi) is 5.57. The fourth-order valence-electron chi connectivity index (χ4n) is 3.16. The lowest BCUT2D eigenvalue weighted by Gasteiger charge is -2.13. The number of ether oxygens (including phenoxy) is 2. The monoisotopic (exact) mass is 400 g/mol. The third kappa shape index (κ3) is 3.94. The third-order valence-corrected chi connectivity index (χ3v) is 4.71. The highest BCUT2D eigenvalue weighted by molar-refractivity contribution is 5.92. The number of carbonyl (C=O) groups excluding carboxylic acids is 1. The van der Waals surface area contributed by atoms with E-state index in [4.69, 9.17) is 9.47 Å². The van der Waals surface area contributed by atoms with E-state index < -0.39 is 0 Å². The zero-order valence-electron chi connectivity index (χ0n) is 16.5. The molecule has 0 fully saturated rings. The van der Waals surface area contributed by atoms with Crippen molar-refractivity contribution >= 4 is 11.7 Å². The van der Waals surface area contributed by atoms with Crippen LogP contribution in [0.15, 0.2) is 48.5 Å². The van der Waals surface area contributed by atoms with E-state index in [1.54, 1.807) is 12.1 Å². The number of rotatable bonds is 6. The summed E-state index contributed by atoms with van der Waals surface area (Å²) in [5.41, 5.74) is 2.10. The Bertz CT molecular complexity index is 1120. The molecule has 2 heterocycles. The molecule has 4 rings (SSSR count). The van der Waals surface area contributed by atoms with E-state index in [0.29, 0.717) is 35.0 Å². The minimum atomic E-state index is -0.178.